The van der Waals surface area contributed by atoms with Gasteiger partial charge in [0.1, 0.15) is 17.3 Å². The number of anilines is 2. The summed E-state index contributed by atoms with van der Waals surface area (Å²) in [7, 11) is 3.04. The van der Waals surface area contributed by atoms with Crippen molar-refractivity contribution in [2.24, 2.45) is 0 Å². The molecule has 33 heavy (non-hydrogen) atoms. The van der Waals surface area contributed by atoms with Crippen molar-refractivity contribution in [1.82, 2.24) is 9.55 Å². The number of aromatic nitrogens is 2. The Morgan fingerprint density at radius 2 is 1.79 bits per heavy atom. The highest BCUT2D eigenvalue weighted by atomic mass is 16.5. The molecule has 0 aliphatic carbocycles. The van der Waals surface area contributed by atoms with E-state index in [-0.39, 0.29) is 24.7 Å². The molecule has 0 aliphatic rings. The number of carbonyl (C=O) groups is 1. The van der Waals surface area contributed by atoms with Crippen molar-refractivity contribution in [3.05, 3.63) is 92.6 Å². The number of ether oxygens (including phenoxy) is 2. The van der Waals surface area contributed by atoms with Crippen molar-refractivity contribution in [1.29, 1.82) is 0 Å². The predicted molar refractivity (Wildman–Crippen MR) is 128 cm³/mol. The first-order chi connectivity index (χ1) is 16.0. The Morgan fingerprint density at radius 1 is 1.06 bits per heavy atom. The highest BCUT2D eigenvalue weighted by molar-refractivity contribution is 6.03. The molecule has 172 valence electrons. The number of nitrogens with zero attached hydrogens (tertiary/aromatic N) is 1. The normalized spacial score (nSPS) is 10.8. The fourth-order valence-electron chi connectivity index (χ4n) is 3.18. The number of hydrogen-bond acceptors (Lipinski definition) is 6. The average Bonchev–Trinajstić information content (AvgIpc) is 2.83. The highest BCUT2D eigenvalue weighted by Crippen LogP contribution is 2.20. The molecule has 0 fully saturated rings. The van der Waals surface area contributed by atoms with E-state index >= 15 is 0 Å². The molecule has 2 aromatic carbocycles. The molecule has 0 bridgehead atoms. The van der Waals surface area contributed by atoms with Crippen LogP contribution in [-0.4, -0.2) is 36.3 Å². The summed E-state index contributed by atoms with van der Waals surface area (Å²) in [5.74, 6) is 0.158. The second-order valence-corrected chi connectivity index (χ2v) is 7.03. The molecule has 9 nitrogen and oxygen atoms in total. The number of aromatic amines is 1. The van der Waals surface area contributed by atoms with Gasteiger partial charge in [-0.3, -0.25) is 19.1 Å². The van der Waals surface area contributed by atoms with Gasteiger partial charge >= 0.3 is 5.69 Å². The summed E-state index contributed by atoms with van der Waals surface area (Å²) >= 11 is 0. The maximum absolute atomic E-state index is 12.7. The van der Waals surface area contributed by atoms with E-state index in [0.717, 1.165) is 5.56 Å². The lowest BCUT2D eigenvalue weighted by molar-refractivity contribution is -0.111. The van der Waals surface area contributed by atoms with E-state index < -0.39 is 17.2 Å². The summed E-state index contributed by atoms with van der Waals surface area (Å²) in [6.45, 7) is 0.675. The van der Waals surface area contributed by atoms with E-state index in [2.05, 4.69) is 15.6 Å². The highest BCUT2D eigenvalue weighted by Gasteiger charge is 2.17. The predicted octanol–water partition coefficient (Wildman–Crippen LogP) is 2.46. The first-order valence-electron chi connectivity index (χ1n) is 10.3. The van der Waals surface area contributed by atoms with Gasteiger partial charge in [0, 0.05) is 25.3 Å². The fourth-order valence-corrected chi connectivity index (χ4v) is 3.18. The molecule has 3 N–H and O–H groups in total. The zero-order chi connectivity index (χ0) is 23.6. The lowest BCUT2D eigenvalue weighted by atomic mass is 10.2. The van der Waals surface area contributed by atoms with Gasteiger partial charge in [-0.1, -0.05) is 48.5 Å². The minimum Gasteiger partial charge on any atom is -0.496 e. The minimum atomic E-state index is -0.647. The van der Waals surface area contributed by atoms with Crippen molar-refractivity contribution in [2.45, 2.75) is 13.1 Å². The van der Waals surface area contributed by atoms with E-state index in [4.69, 9.17) is 9.47 Å². The Morgan fingerprint density at radius 3 is 2.52 bits per heavy atom. The molecule has 0 aliphatic heterocycles. The number of H-pyrrole nitrogens is 1. The Hall–Kier alpha value is -4.11. The fraction of sp³-hybridized carbons (Fsp3) is 0.208. The summed E-state index contributed by atoms with van der Waals surface area (Å²) < 4.78 is 11.6. The molecule has 0 radical (unpaired) electrons. The Kier molecular flexibility index (Phi) is 8.20. The zero-order valence-electron chi connectivity index (χ0n) is 18.5. The van der Waals surface area contributed by atoms with Gasteiger partial charge in [0.05, 0.1) is 20.3 Å². The van der Waals surface area contributed by atoms with Crippen LogP contribution in [-0.2, 0) is 22.6 Å². The Labute approximate surface area is 190 Å². The van der Waals surface area contributed by atoms with Crippen LogP contribution in [0.1, 0.15) is 11.1 Å². The molecular formula is C24H26N4O5. The van der Waals surface area contributed by atoms with Crippen molar-refractivity contribution in [2.75, 3.05) is 31.5 Å². The van der Waals surface area contributed by atoms with E-state index in [1.165, 1.54) is 17.8 Å². The van der Waals surface area contributed by atoms with Crippen molar-refractivity contribution < 1.29 is 14.3 Å². The molecule has 1 aromatic heterocycles. The van der Waals surface area contributed by atoms with Gasteiger partial charge in [-0.2, -0.15) is 0 Å². The van der Waals surface area contributed by atoms with Crippen LogP contribution < -0.4 is 26.6 Å². The Balaban J connectivity index is 1.92. The van der Waals surface area contributed by atoms with Crippen LogP contribution in [0.25, 0.3) is 6.08 Å². The summed E-state index contributed by atoms with van der Waals surface area (Å²) in [6.07, 6.45) is 2.90. The summed E-state index contributed by atoms with van der Waals surface area (Å²) in [5, 5.41) is 5.71. The first-order valence-corrected chi connectivity index (χ1v) is 10.3. The van der Waals surface area contributed by atoms with Gasteiger partial charge < -0.3 is 20.1 Å². The monoisotopic (exact) mass is 450 g/mol. The van der Waals surface area contributed by atoms with Crippen LogP contribution >= 0.6 is 0 Å². The number of hydrogen-bond donors (Lipinski definition) is 3. The number of nitrogens with one attached hydrogen (secondary N) is 3. The van der Waals surface area contributed by atoms with E-state index in [0.29, 0.717) is 17.9 Å². The maximum atomic E-state index is 12.7. The topological polar surface area (TPSA) is 114 Å². The molecule has 0 saturated carbocycles. The standard InChI is InChI=1S/C24H26N4O5/c1-32-15-14-28-22(26-20(29)13-12-18-10-6-7-11-19(18)33-2)21(23(30)27-24(28)31)25-16-17-8-4-3-5-9-17/h3-13,25H,14-16H2,1-2H3,(H,26,29)(H,27,30,31)/b13-12+. The van der Waals surface area contributed by atoms with Gasteiger partial charge in [0.15, 0.2) is 0 Å². The molecule has 0 unspecified atom stereocenters. The van der Waals surface area contributed by atoms with Crippen LogP contribution in [0.4, 0.5) is 11.5 Å². The molecule has 9 heteroatoms. The summed E-state index contributed by atoms with van der Waals surface area (Å²) in [6, 6.07) is 16.7. The van der Waals surface area contributed by atoms with Gasteiger partial charge in [0.25, 0.3) is 5.56 Å². The van der Waals surface area contributed by atoms with Crippen molar-refractivity contribution in [3.63, 3.8) is 0 Å². The average molecular weight is 450 g/mol. The second kappa shape index (κ2) is 11.5. The molecule has 0 spiro atoms. The van der Waals surface area contributed by atoms with Gasteiger partial charge in [0.2, 0.25) is 5.91 Å². The van der Waals surface area contributed by atoms with E-state index in [1.54, 1.807) is 25.3 Å². The number of methoxy groups -OCH3 is 2. The molecule has 3 rings (SSSR count). The number of carbonyl (C=O) groups excluding carboxylic acids is 1. The van der Waals surface area contributed by atoms with Gasteiger partial charge in [-0.15, -0.1) is 0 Å². The molecule has 0 saturated heterocycles. The van der Waals surface area contributed by atoms with Crippen LogP contribution in [0.15, 0.2) is 70.3 Å². The van der Waals surface area contributed by atoms with Crippen LogP contribution in [0.5, 0.6) is 5.75 Å². The van der Waals surface area contributed by atoms with E-state index in [9.17, 15) is 14.4 Å². The third-order valence-electron chi connectivity index (χ3n) is 4.83. The molecule has 0 atom stereocenters. The SMILES string of the molecule is COCCn1c(NC(=O)/C=C/c2ccccc2OC)c(NCc2ccccc2)c(=O)[nH]c1=O. The third-order valence-corrected chi connectivity index (χ3v) is 4.83. The number of benzene rings is 2. The Bertz CT molecular complexity index is 1230. The zero-order valence-corrected chi connectivity index (χ0v) is 18.5. The van der Waals surface area contributed by atoms with Crippen molar-refractivity contribution in [3.8, 4) is 5.75 Å². The van der Waals surface area contributed by atoms with Crippen molar-refractivity contribution >= 4 is 23.5 Å². The maximum Gasteiger partial charge on any atom is 0.330 e. The number of rotatable bonds is 10. The lowest BCUT2D eigenvalue weighted by Gasteiger charge is -2.17. The minimum absolute atomic E-state index is 0.0615. The number of para-hydroxylation sites is 1. The largest absolute Gasteiger partial charge is 0.496 e. The smallest absolute Gasteiger partial charge is 0.330 e. The number of amides is 1. The molecular weight excluding hydrogens is 424 g/mol. The first kappa shape index (κ1) is 23.6. The second-order valence-electron chi connectivity index (χ2n) is 7.03. The molecule has 1 heterocycles. The molecule has 1 amide bonds. The van der Waals surface area contributed by atoms with Crippen LogP contribution in [0.3, 0.4) is 0 Å². The van der Waals surface area contributed by atoms with Crippen LogP contribution in [0.2, 0.25) is 0 Å². The molecule has 3 aromatic rings. The lowest BCUT2D eigenvalue weighted by Crippen LogP contribution is -2.36. The summed E-state index contributed by atoms with van der Waals surface area (Å²) in [5.41, 5.74) is 0.439. The van der Waals surface area contributed by atoms with E-state index in [1.807, 2.05) is 42.5 Å². The van der Waals surface area contributed by atoms with Gasteiger partial charge in [-0.25, -0.2) is 4.79 Å². The van der Waals surface area contributed by atoms with Gasteiger partial charge in [-0.05, 0) is 17.7 Å². The quantitative estimate of drug-likeness (QED) is 0.409. The summed E-state index contributed by atoms with van der Waals surface area (Å²) in [4.78, 5) is 40.1. The third kappa shape index (κ3) is 6.20. The van der Waals surface area contributed by atoms with Crippen LogP contribution in [0, 0.1) is 0 Å².